The van der Waals surface area contributed by atoms with E-state index in [-0.39, 0.29) is 0 Å². The van der Waals surface area contributed by atoms with E-state index in [2.05, 4.69) is 31.3 Å². The predicted molar refractivity (Wildman–Crippen MR) is 72.5 cm³/mol. The lowest BCUT2D eigenvalue weighted by molar-refractivity contribution is 0.676. The standard InChI is InChI=1S/C15H20N2/c1-3-4-9-17-12-14(11-16)10-15-8-6-5-7-13(15)2/h5-8,10,17H,3-4,9,12H2,1-2H3/b14-10+. The van der Waals surface area contributed by atoms with Gasteiger partial charge in [-0.3, -0.25) is 0 Å². The highest BCUT2D eigenvalue weighted by Gasteiger charge is 1.98. The molecule has 0 atom stereocenters. The first kappa shape index (κ1) is 13.5. The number of aryl methyl sites for hydroxylation is 1. The Balaban J connectivity index is 2.62. The van der Waals surface area contributed by atoms with Crippen LogP contribution in [0.4, 0.5) is 0 Å². The predicted octanol–water partition coefficient (Wildman–Crippen LogP) is 3.29. The lowest BCUT2D eigenvalue weighted by Gasteiger charge is -2.04. The monoisotopic (exact) mass is 228 g/mol. The van der Waals surface area contributed by atoms with Gasteiger partial charge in [0.25, 0.3) is 0 Å². The van der Waals surface area contributed by atoms with Gasteiger partial charge in [-0.2, -0.15) is 5.26 Å². The minimum Gasteiger partial charge on any atom is -0.312 e. The maximum absolute atomic E-state index is 9.08. The summed E-state index contributed by atoms with van der Waals surface area (Å²) < 4.78 is 0. The zero-order valence-corrected chi connectivity index (χ0v) is 10.7. The Morgan fingerprint density at radius 2 is 2.18 bits per heavy atom. The summed E-state index contributed by atoms with van der Waals surface area (Å²) in [5.41, 5.74) is 3.12. The first-order valence-electron chi connectivity index (χ1n) is 6.15. The number of rotatable bonds is 6. The smallest absolute Gasteiger partial charge is 0.0961 e. The summed E-state index contributed by atoms with van der Waals surface area (Å²) in [6.07, 6.45) is 4.30. The summed E-state index contributed by atoms with van der Waals surface area (Å²) in [5.74, 6) is 0. The minimum absolute atomic E-state index is 0.658. The molecule has 0 aliphatic carbocycles. The van der Waals surface area contributed by atoms with Crippen LogP contribution in [-0.2, 0) is 0 Å². The zero-order chi connectivity index (χ0) is 12.5. The molecule has 0 saturated heterocycles. The van der Waals surface area contributed by atoms with E-state index in [9.17, 15) is 0 Å². The fraction of sp³-hybridized carbons (Fsp3) is 0.400. The van der Waals surface area contributed by atoms with E-state index in [1.807, 2.05) is 24.3 Å². The highest BCUT2D eigenvalue weighted by Crippen LogP contribution is 2.11. The fourth-order valence-corrected chi connectivity index (χ4v) is 1.58. The number of benzene rings is 1. The van der Waals surface area contributed by atoms with Gasteiger partial charge in [0, 0.05) is 12.1 Å². The topological polar surface area (TPSA) is 35.8 Å². The fourth-order valence-electron chi connectivity index (χ4n) is 1.58. The first-order valence-corrected chi connectivity index (χ1v) is 6.15. The van der Waals surface area contributed by atoms with Crippen molar-refractivity contribution in [3.05, 3.63) is 41.0 Å². The summed E-state index contributed by atoms with van der Waals surface area (Å²) in [4.78, 5) is 0. The van der Waals surface area contributed by atoms with Crippen LogP contribution in [0.2, 0.25) is 0 Å². The second-order valence-electron chi connectivity index (χ2n) is 4.17. The number of nitriles is 1. The number of hydrogen-bond donors (Lipinski definition) is 1. The van der Waals surface area contributed by atoms with Crippen LogP contribution in [0.5, 0.6) is 0 Å². The second kappa shape index (κ2) is 7.65. The van der Waals surface area contributed by atoms with Crippen LogP contribution in [0, 0.1) is 18.3 Å². The Morgan fingerprint density at radius 1 is 1.41 bits per heavy atom. The van der Waals surface area contributed by atoms with Crippen molar-refractivity contribution in [1.82, 2.24) is 5.32 Å². The van der Waals surface area contributed by atoms with Gasteiger partial charge >= 0.3 is 0 Å². The van der Waals surface area contributed by atoms with Gasteiger partial charge in [0.15, 0.2) is 0 Å². The molecule has 0 amide bonds. The van der Waals surface area contributed by atoms with Crippen molar-refractivity contribution in [1.29, 1.82) is 5.26 Å². The molecule has 90 valence electrons. The van der Waals surface area contributed by atoms with Crippen molar-refractivity contribution in [2.24, 2.45) is 0 Å². The molecule has 2 nitrogen and oxygen atoms in total. The Kier molecular flexibility index (Phi) is 6.06. The molecule has 1 aromatic carbocycles. The van der Waals surface area contributed by atoms with Gasteiger partial charge in [0.05, 0.1) is 6.07 Å². The summed E-state index contributed by atoms with van der Waals surface area (Å²) in [6, 6.07) is 10.4. The van der Waals surface area contributed by atoms with Crippen LogP contribution in [0.3, 0.4) is 0 Å². The van der Waals surface area contributed by atoms with Crippen molar-refractivity contribution in [2.45, 2.75) is 26.7 Å². The molecule has 0 saturated carbocycles. The molecule has 0 heterocycles. The van der Waals surface area contributed by atoms with Gasteiger partial charge in [-0.25, -0.2) is 0 Å². The molecular formula is C15H20N2. The van der Waals surface area contributed by atoms with Crippen molar-refractivity contribution in [3.8, 4) is 6.07 Å². The van der Waals surface area contributed by atoms with E-state index >= 15 is 0 Å². The zero-order valence-electron chi connectivity index (χ0n) is 10.7. The summed E-state index contributed by atoms with van der Waals surface area (Å²) in [6.45, 7) is 5.86. The van der Waals surface area contributed by atoms with Crippen LogP contribution in [0.25, 0.3) is 6.08 Å². The molecule has 17 heavy (non-hydrogen) atoms. The Bertz CT molecular complexity index is 413. The molecule has 1 N–H and O–H groups in total. The van der Waals surface area contributed by atoms with Crippen molar-refractivity contribution < 1.29 is 0 Å². The van der Waals surface area contributed by atoms with Crippen LogP contribution in [0.15, 0.2) is 29.8 Å². The van der Waals surface area contributed by atoms with Gasteiger partial charge in [0.2, 0.25) is 0 Å². The van der Waals surface area contributed by atoms with Crippen LogP contribution in [0.1, 0.15) is 30.9 Å². The molecule has 0 aliphatic rings. The highest BCUT2D eigenvalue weighted by molar-refractivity contribution is 5.60. The second-order valence-corrected chi connectivity index (χ2v) is 4.17. The van der Waals surface area contributed by atoms with Gasteiger partial charge in [0.1, 0.15) is 0 Å². The van der Waals surface area contributed by atoms with Gasteiger partial charge < -0.3 is 5.32 Å². The summed E-state index contributed by atoms with van der Waals surface area (Å²) in [7, 11) is 0. The SMILES string of the molecule is CCCCNC/C(C#N)=C/c1ccccc1C. The molecule has 0 aliphatic heterocycles. The maximum Gasteiger partial charge on any atom is 0.0961 e. The third-order valence-electron chi connectivity index (χ3n) is 2.68. The van der Waals surface area contributed by atoms with Crippen molar-refractivity contribution >= 4 is 6.08 Å². The third kappa shape index (κ3) is 4.84. The number of hydrogen-bond acceptors (Lipinski definition) is 2. The lowest BCUT2D eigenvalue weighted by Crippen LogP contribution is -2.17. The van der Waals surface area contributed by atoms with Gasteiger partial charge in [-0.05, 0) is 37.1 Å². The van der Waals surface area contributed by atoms with Gasteiger partial charge in [-0.1, -0.05) is 37.6 Å². The van der Waals surface area contributed by atoms with Crippen LogP contribution < -0.4 is 5.32 Å². The molecule has 0 fully saturated rings. The Morgan fingerprint density at radius 3 is 2.82 bits per heavy atom. The molecular weight excluding hydrogens is 208 g/mol. The highest BCUT2D eigenvalue weighted by atomic mass is 14.8. The van der Waals surface area contributed by atoms with E-state index in [4.69, 9.17) is 5.26 Å². The van der Waals surface area contributed by atoms with E-state index < -0.39 is 0 Å². The molecule has 1 rings (SSSR count). The normalized spacial score (nSPS) is 11.2. The van der Waals surface area contributed by atoms with E-state index in [0.717, 1.165) is 24.1 Å². The molecule has 0 aromatic heterocycles. The molecule has 0 bridgehead atoms. The minimum atomic E-state index is 0.658. The largest absolute Gasteiger partial charge is 0.312 e. The van der Waals surface area contributed by atoms with Crippen LogP contribution in [-0.4, -0.2) is 13.1 Å². The van der Waals surface area contributed by atoms with Gasteiger partial charge in [-0.15, -0.1) is 0 Å². The number of unbranched alkanes of at least 4 members (excludes halogenated alkanes) is 1. The molecule has 0 radical (unpaired) electrons. The molecule has 0 unspecified atom stereocenters. The van der Waals surface area contributed by atoms with E-state index in [1.165, 1.54) is 12.0 Å². The quantitative estimate of drug-likeness (QED) is 0.599. The van der Waals surface area contributed by atoms with Crippen molar-refractivity contribution in [2.75, 3.05) is 13.1 Å². The Hall–Kier alpha value is -1.59. The number of nitrogens with zero attached hydrogens (tertiary/aromatic N) is 1. The maximum atomic E-state index is 9.08. The molecule has 2 heteroatoms. The lowest BCUT2D eigenvalue weighted by atomic mass is 10.1. The molecule has 1 aromatic rings. The van der Waals surface area contributed by atoms with Crippen molar-refractivity contribution in [3.63, 3.8) is 0 Å². The average Bonchev–Trinajstić information content (AvgIpc) is 2.35. The number of nitrogens with one attached hydrogen (secondary N) is 1. The van der Waals surface area contributed by atoms with Crippen LogP contribution >= 0.6 is 0 Å². The first-order chi connectivity index (χ1) is 8.27. The summed E-state index contributed by atoms with van der Waals surface area (Å²) >= 11 is 0. The third-order valence-corrected chi connectivity index (χ3v) is 2.68. The van der Waals surface area contributed by atoms with E-state index in [0.29, 0.717) is 6.54 Å². The van der Waals surface area contributed by atoms with E-state index in [1.54, 1.807) is 0 Å². The average molecular weight is 228 g/mol. The molecule has 0 spiro atoms. The summed E-state index contributed by atoms with van der Waals surface area (Å²) in [5, 5.41) is 12.4. The Labute approximate surface area is 104 Å².